The van der Waals surface area contributed by atoms with E-state index in [4.69, 9.17) is 0 Å². The summed E-state index contributed by atoms with van der Waals surface area (Å²) < 4.78 is 0.981. The number of hydrogen-bond donors (Lipinski definition) is 1. The molecule has 4 nitrogen and oxygen atoms in total. The highest BCUT2D eigenvalue weighted by molar-refractivity contribution is 9.10. The number of anilines is 5. The summed E-state index contributed by atoms with van der Waals surface area (Å²) in [5.74, 6) is 0. The molecule has 0 spiro atoms. The quantitative estimate of drug-likeness (QED) is 0.386. The van der Waals surface area contributed by atoms with Crippen molar-refractivity contribution >= 4 is 55.4 Å². The Bertz CT molecular complexity index is 1060. The Morgan fingerprint density at radius 3 is 2.00 bits per heavy atom. The average molecular weight is 389 g/mol. The first kappa shape index (κ1) is 14.4. The Hall–Kier alpha value is -2.92. The fourth-order valence-corrected chi connectivity index (χ4v) is 3.79. The number of nitrogens with one attached hydrogen (secondary N) is 1. The Morgan fingerprint density at radius 2 is 1.32 bits per heavy atom. The number of benzene rings is 2. The SMILES string of the molecule is Brc1ccnc2nccc(N3c4ccccc4Nc4ccccc43)c12. The van der Waals surface area contributed by atoms with Crippen molar-refractivity contribution in [1.29, 1.82) is 0 Å². The second kappa shape index (κ2) is 5.57. The molecule has 4 aromatic rings. The normalized spacial score (nSPS) is 12.4. The van der Waals surface area contributed by atoms with Crippen molar-refractivity contribution in [3.8, 4) is 0 Å². The van der Waals surface area contributed by atoms with Crippen LogP contribution in [-0.4, -0.2) is 9.97 Å². The molecule has 5 rings (SSSR count). The van der Waals surface area contributed by atoms with Gasteiger partial charge in [-0.3, -0.25) is 0 Å². The van der Waals surface area contributed by atoms with E-state index in [0.717, 1.165) is 43.9 Å². The molecule has 0 radical (unpaired) electrons. The minimum Gasteiger partial charge on any atom is -0.352 e. The van der Waals surface area contributed by atoms with Gasteiger partial charge in [0.05, 0.1) is 33.8 Å². The number of hydrogen-bond acceptors (Lipinski definition) is 4. The topological polar surface area (TPSA) is 41.1 Å². The molecular formula is C20H13BrN4. The molecule has 0 saturated heterocycles. The molecule has 0 unspecified atom stereocenters. The van der Waals surface area contributed by atoms with Gasteiger partial charge in [-0.2, -0.15) is 0 Å². The first-order chi connectivity index (χ1) is 12.3. The number of fused-ring (bicyclic) bond motifs is 3. The van der Waals surface area contributed by atoms with Crippen molar-refractivity contribution < 1.29 is 0 Å². The van der Waals surface area contributed by atoms with Crippen molar-refractivity contribution in [3.63, 3.8) is 0 Å². The Labute approximate surface area is 153 Å². The molecule has 0 aliphatic carbocycles. The van der Waals surface area contributed by atoms with Crippen molar-refractivity contribution in [2.24, 2.45) is 0 Å². The van der Waals surface area contributed by atoms with Gasteiger partial charge in [-0.15, -0.1) is 0 Å². The zero-order valence-electron chi connectivity index (χ0n) is 13.1. The van der Waals surface area contributed by atoms with Gasteiger partial charge in [0.2, 0.25) is 0 Å². The summed E-state index contributed by atoms with van der Waals surface area (Å²) in [5.41, 5.74) is 6.12. The third kappa shape index (κ3) is 2.20. The Balaban J connectivity index is 1.87. The monoisotopic (exact) mass is 388 g/mol. The molecule has 5 heteroatoms. The molecule has 1 N–H and O–H groups in total. The third-order valence-electron chi connectivity index (χ3n) is 4.37. The number of halogens is 1. The highest BCUT2D eigenvalue weighted by Gasteiger charge is 2.25. The van der Waals surface area contributed by atoms with E-state index in [9.17, 15) is 0 Å². The third-order valence-corrected chi connectivity index (χ3v) is 5.03. The molecule has 1 aliphatic heterocycles. The van der Waals surface area contributed by atoms with E-state index in [0.29, 0.717) is 0 Å². The molecule has 120 valence electrons. The number of nitrogens with zero attached hydrogens (tertiary/aromatic N) is 3. The molecule has 25 heavy (non-hydrogen) atoms. The summed E-state index contributed by atoms with van der Waals surface area (Å²) in [6.07, 6.45) is 3.58. The van der Waals surface area contributed by atoms with Crippen LogP contribution in [0.15, 0.2) is 77.5 Å². The van der Waals surface area contributed by atoms with Gasteiger partial charge in [0.1, 0.15) is 0 Å². The molecule has 3 heterocycles. The maximum Gasteiger partial charge on any atom is 0.162 e. The van der Waals surface area contributed by atoms with Crippen molar-refractivity contribution in [1.82, 2.24) is 9.97 Å². The van der Waals surface area contributed by atoms with Crippen LogP contribution in [-0.2, 0) is 0 Å². The lowest BCUT2D eigenvalue weighted by molar-refractivity contribution is 1.23. The zero-order valence-corrected chi connectivity index (χ0v) is 14.7. The predicted molar refractivity (Wildman–Crippen MR) is 105 cm³/mol. The van der Waals surface area contributed by atoms with Crippen LogP contribution in [0.1, 0.15) is 0 Å². The van der Waals surface area contributed by atoms with Gasteiger partial charge in [-0.05, 0) is 52.3 Å². The molecule has 0 fully saturated rings. The van der Waals surface area contributed by atoms with Crippen LogP contribution in [0.25, 0.3) is 11.0 Å². The summed E-state index contributed by atoms with van der Waals surface area (Å²) in [5, 5.41) is 4.52. The summed E-state index contributed by atoms with van der Waals surface area (Å²) in [6, 6.07) is 20.6. The largest absolute Gasteiger partial charge is 0.352 e. The maximum atomic E-state index is 4.43. The second-order valence-electron chi connectivity index (χ2n) is 5.82. The highest BCUT2D eigenvalue weighted by Crippen LogP contribution is 2.49. The van der Waals surface area contributed by atoms with Crippen LogP contribution in [0.5, 0.6) is 0 Å². The van der Waals surface area contributed by atoms with Crippen LogP contribution in [0.4, 0.5) is 28.4 Å². The predicted octanol–water partition coefficient (Wildman–Crippen LogP) is 5.92. The second-order valence-corrected chi connectivity index (χ2v) is 6.67. The summed E-state index contributed by atoms with van der Waals surface area (Å²) in [7, 11) is 0. The molecule has 0 amide bonds. The van der Waals surface area contributed by atoms with Crippen LogP contribution >= 0.6 is 15.9 Å². The van der Waals surface area contributed by atoms with Gasteiger partial charge in [-0.25, -0.2) is 9.97 Å². The van der Waals surface area contributed by atoms with E-state index in [1.165, 1.54) is 0 Å². The van der Waals surface area contributed by atoms with E-state index < -0.39 is 0 Å². The van der Waals surface area contributed by atoms with Crippen molar-refractivity contribution in [2.45, 2.75) is 0 Å². The van der Waals surface area contributed by atoms with Gasteiger partial charge in [0.25, 0.3) is 0 Å². The lowest BCUT2D eigenvalue weighted by atomic mass is 10.1. The summed E-state index contributed by atoms with van der Waals surface area (Å²) in [4.78, 5) is 11.1. The number of pyridine rings is 2. The van der Waals surface area contributed by atoms with Gasteiger partial charge >= 0.3 is 0 Å². The number of para-hydroxylation sites is 4. The number of rotatable bonds is 1. The standard InChI is InChI=1S/C20H13BrN4/c21-13-9-11-22-20-19(13)18(10-12-23-20)25-16-7-3-1-5-14(16)24-15-6-2-4-8-17(15)25/h1-12,24H. The van der Waals surface area contributed by atoms with Crippen LogP contribution < -0.4 is 10.2 Å². The van der Waals surface area contributed by atoms with Gasteiger partial charge < -0.3 is 10.2 Å². The molecule has 2 aromatic heterocycles. The van der Waals surface area contributed by atoms with E-state index >= 15 is 0 Å². The van der Waals surface area contributed by atoms with Crippen molar-refractivity contribution in [3.05, 3.63) is 77.5 Å². The van der Waals surface area contributed by atoms with Crippen LogP contribution in [0, 0.1) is 0 Å². The first-order valence-corrected chi connectivity index (χ1v) is 8.77. The smallest absolute Gasteiger partial charge is 0.162 e. The van der Waals surface area contributed by atoms with E-state index in [1.807, 2.05) is 30.5 Å². The van der Waals surface area contributed by atoms with Crippen LogP contribution in [0.3, 0.4) is 0 Å². The van der Waals surface area contributed by atoms with E-state index in [2.05, 4.69) is 72.5 Å². The summed E-state index contributed by atoms with van der Waals surface area (Å²) in [6.45, 7) is 0. The molecule has 2 aromatic carbocycles. The fourth-order valence-electron chi connectivity index (χ4n) is 3.29. The van der Waals surface area contributed by atoms with E-state index in [-0.39, 0.29) is 0 Å². The summed E-state index contributed by atoms with van der Waals surface area (Å²) >= 11 is 3.67. The lowest BCUT2D eigenvalue weighted by Gasteiger charge is -2.34. The number of aromatic nitrogens is 2. The minimum absolute atomic E-state index is 0.723. The zero-order chi connectivity index (χ0) is 16.8. The molecule has 0 atom stereocenters. The molecule has 0 saturated carbocycles. The molecular weight excluding hydrogens is 376 g/mol. The Kier molecular flexibility index (Phi) is 3.21. The molecule has 1 aliphatic rings. The highest BCUT2D eigenvalue weighted by atomic mass is 79.9. The maximum absolute atomic E-state index is 4.43. The fraction of sp³-hybridized carbons (Fsp3) is 0. The molecule has 0 bridgehead atoms. The van der Waals surface area contributed by atoms with Crippen molar-refractivity contribution in [2.75, 3.05) is 10.2 Å². The van der Waals surface area contributed by atoms with Gasteiger partial charge in [0.15, 0.2) is 5.65 Å². The minimum atomic E-state index is 0.723. The first-order valence-electron chi connectivity index (χ1n) is 7.97. The average Bonchev–Trinajstić information content (AvgIpc) is 2.66. The van der Waals surface area contributed by atoms with Gasteiger partial charge in [-0.1, -0.05) is 24.3 Å². The Morgan fingerprint density at radius 1 is 0.720 bits per heavy atom. The van der Waals surface area contributed by atoms with Gasteiger partial charge in [0, 0.05) is 16.9 Å². The lowest BCUT2D eigenvalue weighted by Crippen LogP contribution is -2.18. The van der Waals surface area contributed by atoms with E-state index in [1.54, 1.807) is 6.20 Å². The van der Waals surface area contributed by atoms with Crippen LogP contribution in [0.2, 0.25) is 0 Å².